The second-order valence-corrected chi connectivity index (χ2v) is 5.47. The van der Waals surface area contributed by atoms with Crippen LogP contribution in [0.2, 0.25) is 0 Å². The zero-order valence-electron chi connectivity index (χ0n) is 15.1. The molecule has 0 bridgehead atoms. The van der Waals surface area contributed by atoms with E-state index in [1.165, 1.54) is 6.07 Å². The van der Waals surface area contributed by atoms with Crippen molar-refractivity contribution in [2.75, 3.05) is 26.3 Å². The average Bonchev–Trinajstić information content (AvgIpc) is 2.58. The fourth-order valence-corrected chi connectivity index (χ4v) is 2.06. The van der Waals surface area contributed by atoms with E-state index in [-0.39, 0.29) is 5.75 Å². The maximum atomic E-state index is 12.3. The molecule has 0 fully saturated rings. The van der Waals surface area contributed by atoms with Crippen molar-refractivity contribution in [2.45, 2.75) is 46.3 Å². The normalized spacial score (nSPS) is 11.6. The predicted molar refractivity (Wildman–Crippen MR) is 96.2 cm³/mol. The number of alkyl halides is 2. The van der Waals surface area contributed by atoms with Crippen LogP contribution in [-0.4, -0.2) is 38.9 Å². The van der Waals surface area contributed by atoms with E-state index in [2.05, 4.69) is 27.3 Å². The summed E-state index contributed by atoms with van der Waals surface area (Å²) >= 11 is 0. The van der Waals surface area contributed by atoms with Crippen molar-refractivity contribution in [3.63, 3.8) is 0 Å². The molecule has 0 saturated carbocycles. The molecule has 0 radical (unpaired) electrons. The summed E-state index contributed by atoms with van der Waals surface area (Å²) in [5.41, 5.74) is 0.804. The summed E-state index contributed by atoms with van der Waals surface area (Å²) in [6, 6.07) is 6.58. The number of rotatable bonds is 12. The van der Waals surface area contributed by atoms with Crippen LogP contribution in [0.3, 0.4) is 0 Å². The number of benzene rings is 1. The van der Waals surface area contributed by atoms with Gasteiger partial charge in [-0.3, -0.25) is 0 Å². The first-order valence-corrected chi connectivity index (χ1v) is 8.79. The van der Waals surface area contributed by atoms with Crippen LogP contribution in [-0.2, 0) is 11.3 Å². The zero-order chi connectivity index (χ0) is 18.3. The van der Waals surface area contributed by atoms with Crippen LogP contribution in [0.25, 0.3) is 0 Å². The molecule has 0 aromatic heterocycles. The molecule has 1 aromatic rings. The summed E-state index contributed by atoms with van der Waals surface area (Å²) in [6.07, 6.45) is 3.12. The molecule has 0 aliphatic heterocycles. The number of halogens is 2. The maximum Gasteiger partial charge on any atom is 0.387 e. The number of nitrogens with one attached hydrogen (secondary N) is 2. The maximum absolute atomic E-state index is 12.3. The minimum absolute atomic E-state index is 0.143. The Morgan fingerprint density at radius 1 is 1.16 bits per heavy atom. The third-order valence-electron chi connectivity index (χ3n) is 3.29. The fraction of sp³-hybridized carbons (Fsp3) is 0.611. The molecule has 0 aliphatic carbocycles. The highest BCUT2D eigenvalue weighted by atomic mass is 19.3. The van der Waals surface area contributed by atoms with Gasteiger partial charge in [-0.1, -0.05) is 25.5 Å². The van der Waals surface area contributed by atoms with Gasteiger partial charge >= 0.3 is 6.61 Å². The topological polar surface area (TPSA) is 54.9 Å². The smallest absolute Gasteiger partial charge is 0.387 e. The van der Waals surface area contributed by atoms with Crippen LogP contribution in [0.1, 0.15) is 38.7 Å². The Labute approximate surface area is 148 Å². The predicted octanol–water partition coefficient (Wildman–Crippen LogP) is 3.55. The molecule has 0 amide bonds. The van der Waals surface area contributed by atoms with Crippen molar-refractivity contribution in [3.8, 4) is 5.75 Å². The van der Waals surface area contributed by atoms with Gasteiger partial charge in [0.15, 0.2) is 5.96 Å². The number of nitrogens with zero attached hydrogens (tertiary/aromatic N) is 1. The van der Waals surface area contributed by atoms with Gasteiger partial charge in [0.25, 0.3) is 0 Å². The van der Waals surface area contributed by atoms with Crippen molar-refractivity contribution in [2.24, 2.45) is 4.99 Å². The van der Waals surface area contributed by atoms with E-state index in [4.69, 9.17) is 4.74 Å². The molecule has 0 aliphatic rings. The highest BCUT2D eigenvalue weighted by Gasteiger charge is 2.04. The Morgan fingerprint density at radius 2 is 1.96 bits per heavy atom. The molecular formula is C18H29F2N3O2. The van der Waals surface area contributed by atoms with Crippen molar-refractivity contribution < 1.29 is 18.3 Å². The molecule has 142 valence electrons. The van der Waals surface area contributed by atoms with E-state index in [9.17, 15) is 8.78 Å². The van der Waals surface area contributed by atoms with Gasteiger partial charge in [0.2, 0.25) is 0 Å². The molecule has 2 N–H and O–H groups in total. The lowest BCUT2D eigenvalue weighted by molar-refractivity contribution is -0.0498. The first-order valence-electron chi connectivity index (χ1n) is 8.79. The third kappa shape index (κ3) is 10.6. The van der Waals surface area contributed by atoms with Crippen LogP contribution in [0.5, 0.6) is 5.75 Å². The number of ether oxygens (including phenoxy) is 2. The van der Waals surface area contributed by atoms with E-state index in [0.29, 0.717) is 12.5 Å². The Bertz CT molecular complexity index is 499. The summed E-state index contributed by atoms with van der Waals surface area (Å²) in [6.45, 7) is 4.71. The first kappa shape index (κ1) is 21.2. The summed E-state index contributed by atoms with van der Waals surface area (Å²) in [4.78, 5) is 4.46. The number of hydrogen-bond donors (Lipinski definition) is 2. The van der Waals surface area contributed by atoms with Crippen LogP contribution in [0.4, 0.5) is 8.78 Å². The minimum atomic E-state index is -2.82. The van der Waals surface area contributed by atoms with Gasteiger partial charge in [-0.15, -0.1) is 0 Å². The van der Waals surface area contributed by atoms with E-state index < -0.39 is 6.61 Å². The van der Waals surface area contributed by atoms with Crippen molar-refractivity contribution in [1.82, 2.24) is 10.6 Å². The van der Waals surface area contributed by atoms with E-state index in [1.807, 2.05) is 13.0 Å². The third-order valence-corrected chi connectivity index (χ3v) is 3.29. The lowest BCUT2D eigenvalue weighted by Gasteiger charge is -2.12. The van der Waals surface area contributed by atoms with Crippen LogP contribution >= 0.6 is 0 Å². The molecule has 25 heavy (non-hydrogen) atoms. The number of unbranched alkanes of at least 4 members (excludes halogenated alkanes) is 1. The second kappa shape index (κ2) is 13.4. The fourth-order valence-electron chi connectivity index (χ4n) is 2.06. The van der Waals surface area contributed by atoms with Gasteiger partial charge in [-0.2, -0.15) is 8.78 Å². The Kier molecular flexibility index (Phi) is 11.3. The van der Waals surface area contributed by atoms with Crippen molar-refractivity contribution >= 4 is 5.96 Å². The standard InChI is InChI=1S/C18H29F2N3O2/c1-3-5-11-24-12-7-10-22-18(21-4-2)23-14-15-8-6-9-16(13-15)25-17(19)20/h6,8-9,13,17H,3-5,7,10-12,14H2,1-2H3,(H2,21,22,23). The largest absolute Gasteiger partial charge is 0.435 e. The van der Waals surface area contributed by atoms with Crippen LogP contribution in [0.15, 0.2) is 29.3 Å². The Morgan fingerprint density at radius 3 is 2.68 bits per heavy atom. The van der Waals surface area contributed by atoms with Gasteiger partial charge in [0.05, 0.1) is 6.54 Å². The highest BCUT2D eigenvalue weighted by Crippen LogP contribution is 2.16. The van der Waals surface area contributed by atoms with Gasteiger partial charge in [-0.05, 0) is 37.5 Å². The molecule has 0 unspecified atom stereocenters. The average molecular weight is 357 g/mol. The summed E-state index contributed by atoms with van der Waals surface area (Å²) in [5.74, 6) is 0.834. The Balaban J connectivity index is 2.41. The summed E-state index contributed by atoms with van der Waals surface area (Å²) in [5, 5.41) is 6.39. The van der Waals surface area contributed by atoms with Crippen LogP contribution < -0.4 is 15.4 Å². The van der Waals surface area contributed by atoms with E-state index >= 15 is 0 Å². The quantitative estimate of drug-likeness (QED) is 0.341. The van der Waals surface area contributed by atoms with E-state index in [0.717, 1.165) is 51.1 Å². The molecule has 0 saturated heterocycles. The zero-order valence-corrected chi connectivity index (χ0v) is 15.1. The molecule has 1 aromatic carbocycles. The SMILES string of the molecule is CCCCOCCCNC(=NCc1cccc(OC(F)F)c1)NCC. The molecule has 0 heterocycles. The lowest BCUT2D eigenvalue weighted by atomic mass is 10.2. The molecule has 7 heteroatoms. The number of aliphatic imine (C=N–C) groups is 1. The Hall–Kier alpha value is -1.89. The molecule has 1 rings (SSSR count). The van der Waals surface area contributed by atoms with Gasteiger partial charge < -0.3 is 20.1 Å². The van der Waals surface area contributed by atoms with Crippen molar-refractivity contribution in [1.29, 1.82) is 0 Å². The van der Waals surface area contributed by atoms with Crippen molar-refractivity contribution in [3.05, 3.63) is 29.8 Å². The molecule has 0 spiro atoms. The highest BCUT2D eigenvalue weighted by molar-refractivity contribution is 5.79. The minimum Gasteiger partial charge on any atom is -0.435 e. The molecular weight excluding hydrogens is 328 g/mol. The van der Waals surface area contributed by atoms with Gasteiger partial charge in [0, 0.05) is 26.3 Å². The first-order chi connectivity index (χ1) is 12.2. The molecule has 0 atom stereocenters. The molecule has 5 nitrogen and oxygen atoms in total. The number of hydrogen-bond acceptors (Lipinski definition) is 3. The van der Waals surface area contributed by atoms with Crippen LogP contribution in [0, 0.1) is 0 Å². The summed E-state index contributed by atoms with van der Waals surface area (Å²) < 4.78 is 34.4. The van der Waals surface area contributed by atoms with E-state index in [1.54, 1.807) is 12.1 Å². The monoisotopic (exact) mass is 357 g/mol. The van der Waals surface area contributed by atoms with Gasteiger partial charge in [-0.25, -0.2) is 4.99 Å². The summed E-state index contributed by atoms with van der Waals surface area (Å²) in [7, 11) is 0. The second-order valence-electron chi connectivity index (χ2n) is 5.47. The van der Waals surface area contributed by atoms with Gasteiger partial charge in [0.1, 0.15) is 5.75 Å². The lowest BCUT2D eigenvalue weighted by Crippen LogP contribution is -2.38. The number of guanidine groups is 1.